The minimum absolute atomic E-state index is 0.184. The molecule has 1 N–H and O–H groups in total. The zero-order valence-corrected chi connectivity index (χ0v) is 10.8. The normalized spacial score (nSPS) is 10.7. The van der Waals surface area contributed by atoms with Crippen LogP contribution in [0.1, 0.15) is 0 Å². The highest BCUT2D eigenvalue weighted by atomic mass is 35.5. The number of H-pyrrole nitrogens is 1. The van der Waals surface area contributed by atoms with Gasteiger partial charge in [0.2, 0.25) is 0 Å². The van der Waals surface area contributed by atoms with Gasteiger partial charge in [-0.05, 0) is 0 Å². The number of fused-ring (bicyclic) bond motifs is 1. The van der Waals surface area contributed by atoms with Crippen molar-refractivity contribution in [3.63, 3.8) is 0 Å². The first-order valence-corrected chi connectivity index (χ1v) is 5.42. The molecule has 2 aromatic rings. The van der Waals surface area contributed by atoms with Crippen molar-refractivity contribution in [2.24, 2.45) is 7.05 Å². The highest BCUT2D eigenvalue weighted by Crippen LogP contribution is 2.36. The van der Waals surface area contributed by atoms with Crippen LogP contribution >= 0.6 is 11.6 Å². The molecule has 7 heteroatoms. The van der Waals surface area contributed by atoms with Gasteiger partial charge in [-0.1, -0.05) is 11.6 Å². The predicted octanol–water partition coefficient (Wildman–Crippen LogP) is 0.897. The first-order chi connectivity index (χ1) is 8.51. The molecule has 1 heterocycles. The van der Waals surface area contributed by atoms with Crippen LogP contribution in [-0.4, -0.2) is 23.8 Å². The van der Waals surface area contributed by atoms with Gasteiger partial charge in [0.15, 0.2) is 11.5 Å². The number of halogens is 1. The van der Waals surface area contributed by atoms with E-state index in [9.17, 15) is 9.59 Å². The number of hydrogen-bond donors (Lipinski definition) is 1. The van der Waals surface area contributed by atoms with E-state index in [0.29, 0.717) is 5.75 Å². The zero-order chi connectivity index (χ0) is 13.4. The Morgan fingerprint density at radius 3 is 2.50 bits per heavy atom. The molecule has 1 aromatic carbocycles. The summed E-state index contributed by atoms with van der Waals surface area (Å²) in [7, 11) is 4.22. The van der Waals surface area contributed by atoms with E-state index in [-0.39, 0.29) is 21.7 Å². The largest absolute Gasteiger partial charge is 0.493 e. The molecule has 0 amide bonds. The Morgan fingerprint density at radius 2 is 1.94 bits per heavy atom. The Labute approximate surface area is 107 Å². The number of ether oxygens (including phenoxy) is 2. The summed E-state index contributed by atoms with van der Waals surface area (Å²) in [6.45, 7) is 0. The number of aromatic amines is 1. The number of benzene rings is 1. The summed E-state index contributed by atoms with van der Waals surface area (Å²) in [5.41, 5.74) is -0.796. The molecule has 0 aliphatic heterocycles. The van der Waals surface area contributed by atoms with Crippen LogP contribution in [0.25, 0.3) is 10.9 Å². The summed E-state index contributed by atoms with van der Waals surface area (Å²) in [5, 5.41) is 0.404. The average molecular weight is 271 g/mol. The molecule has 0 unspecified atom stereocenters. The van der Waals surface area contributed by atoms with Crippen LogP contribution in [0.15, 0.2) is 15.7 Å². The molecule has 2 rings (SSSR count). The Morgan fingerprint density at radius 1 is 1.28 bits per heavy atom. The van der Waals surface area contributed by atoms with E-state index >= 15 is 0 Å². The van der Waals surface area contributed by atoms with Crippen LogP contribution in [0, 0.1) is 0 Å². The monoisotopic (exact) mass is 270 g/mol. The Hall–Kier alpha value is -1.95. The van der Waals surface area contributed by atoms with Gasteiger partial charge >= 0.3 is 5.69 Å². The van der Waals surface area contributed by atoms with E-state index in [2.05, 4.69) is 4.98 Å². The van der Waals surface area contributed by atoms with Crippen molar-refractivity contribution in [3.05, 3.63) is 31.9 Å². The van der Waals surface area contributed by atoms with E-state index in [1.54, 1.807) is 0 Å². The molecule has 0 fully saturated rings. The predicted molar refractivity (Wildman–Crippen MR) is 67.9 cm³/mol. The maximum atomic E-state index is 12.1. The quantitative estimate of drug-likeness (QED) is 0.880. The van der Waals surface area contributed by atoms with Gasteiger partial charge in [0.05, 0.1) is 24.8 Å². The Bertz CT molecular complexity index is 732. The standard InChI is InChI=1S/C11H11ClN2O4/c1-14-10(15)7-8(13-11(14)16)5(12)4-6(17-2)9(7)18-3/h4H,1-3H3,(H,13,16). The van der Waals surface area contributed by atoms with Gasteiger partial charge in [0.25, 0.3) is 5.56 Å². The van der Waals surface area contributed by atoms with Gasteiger partial charge in [-0.2, -0.15) is 0 Å². The molecule has 0 aliphatic rings. The molecule has 0 aliphatic carbocycles. The molecule has 0 saturated heterocycles. The summed E-state index contributed by atoms with van der Waals surface area (Å²) in [4.78, 5) is 26.2. The summed E-state index contributed by atoms with van der Waals surface area (Å²) >= 11 is 6.01. The molecule has 96 valence electrons. The summed E-state index contributed by atoms with van der Waals surface area (Å²) in [6.07, 6.45) is 0. The third kappa shape index (κ3) is 1.65. The lowest BCUT2D eigenvalue weighted by molar-refractivity contribution is 0.358. The second-order valence-corrected chi connectivity index (χ2v) is 4.05. The average Bonchev–Trinajstić information content (AvgIpc) is 2.36. The number of aromatic nitrogens is 2. The highest BCUT2D eigenvalue weighted by Gasteiger charge is 2.18. The van der Waals surface area contributed by atoms with Gasteiger partial charge in [0.1, 0.15) is 5.39 Å². The van der Waals surface area contributed by atoms with Crippen molar-refractivity contribution in [2.75, 3.05) is 14.2 Å². The van der Waals surface area contributed by atoms with Crippen molar-refractivity contribution >= 4 is 22.5 Å². The fourth-order valence-corrected chi connectivity index (χ4v) is 1.98. The van der Waals surface area contributed by atoms with Crippen LogP contribution in [0.4, 0.5) is 0 Å². The van der Waals surface area contributed by atoms with Gasteiger partial charge in [-0.15, -0.1) is 0 Å². The van der Waals surface area contributed by atoms with E-state index in [1.165, 1.54) is 27.3 Å². The lowest BCUT2D eigenvalue weighted by Gasteiger charge is -2.12. The number of rotatable bonds is 2. The van der Waals surface area contributed by atoms with Crippen LogP contribution in [0.3, 0.4) is 0 Å². The lowest BCUT2D eigenvalue weighted by atomic mass is 10.2. The minimum atomic E-state index is -0.540. The van der Waals surface area contributed by atoms with Gasteiger partial charge in [-0.25, -0.2) is 4.79 Å². The summed E-state index contributed by atoms with van der Waals surface area (Å²) < 4.78 is 11.2. The van der Waals surface area contributed by atoms with Crippen molar-refractivity contribution in [1.82, 2.24) is 9.55 Å². The molecule has 0 spiro atoms. The molecular formula is C11H11ClN2O4. The molecule has 0 bridgehead atoms. The van der Waals surface area contributed by atoms with Crippen molar-refractivity contribution in [1.29, 1.82) is 0 Å². The van der Waals surface area contributed by atoms with E-state index in [1.807, 2.05) is 0 Å². The summed E-state index contributed by atoms with van der Waals surface area (Å²) in [6, 6.07) is 1.48. The molecule has 1 aromatic heterocycles. The van der Waals surface area contributed by atoms with Gasteiger partial charge in [-0.3, -0.25) is 9.36 Å². The topological polar surface area (TPSA) is 73.3 Å². The van der Waals surface area contributed by atoms with Crippen molar-refractivity contribution < 1.29 is 9.47 Å². The third-order valence-corrected chi connectivity index (χ3v) is 2.97. The SMILES string of the molecule is COc1cc(Cl)c2[nH]c(=O)n(C)c(=O)c2c1OC. The van der Waals surface area contributed by atoms with Crippen LogP contribution in [-0.2, 0) is 7.05 Å². The Balaban J connectivity index is 3.12. The molecule has 0 atom stereocenters. The van der Waals surface area contributed by atoms with Crippen LogP contribution in [0.2, 0.25) is 5.02 Å². The van der Waals surface area contributed by atoms with E-state index in [4.69, 9.17) is 21.1 Å². The first kappa shape index (κ1) is 12.5. The first-order valence-electron chi connectivity index (χ1n) is 5.04. The third-order valence-electron chi connectivity index (χ3n) is 2.68. The van der Waals surface area contributed by atoms with E-state index < -0.39 is 11.2 Å². The van der Waals surface area contributed by atoms with Crippen LogP contribution in [0.5, 0.6) is 11.5 Å². The lowest BCUT2D eigenvalue weighted by Crippen LogP contribution is -2.32. The number of nitrogens with zero attached hydrogens (tertiary/aromatic N) is 1. The smallest absolute Gasteiger partial charge is 0.328 e. The molecule has 0 saturated carbocycles. The number of nitrogens with one attached hydrogen (secondary N) is 1. The maximum absolute atomic E-state index is 12.1. The van der Waals surface area contributed by atoms with Gasteiger partial charge in [0, 0.05) is 13.1 Å². The zero-order valence-electron chi connectivity index (χ0n) is 10.0. The molecule has 0 radical (unpaired) electrons. The van der Waals surface area contributed by atoms with Crippen molar-refractivity contribution in [2.45, 2.75) is 0 Å². The molecule has 18 heavy (non-hydrogen) atoms. The fraction of sp³-hybridized carbons (Fsp3) is 0.273. The minimum Gasteiger partial charge on any atom is -0.493 e. The fourth-order valence-electron chi connectivity index (χ4n) is 1.74. The van der Waals surface area contributed by atoms with E-state index in [0.717, 1.165) is 4.57 Å². The molecular weight excluding hydrogens is 260 g/mol. The number of hydrogen-bond acceptors (Lipinski definition) is 4. The second-order valence-electron chi connectivity index (χ2n) is 3.64. The summed E-state index contributed by atoms with van der Waals surface area (Å²) in [5.74, 6) is 0.577. The molecule has 6 nitrogen and oxygen atoms in total. The van der Waals surface area contributed by atoms with Gasteiger partial charge < -0.3 is 14.5 Å². The van der Waals surface area contributed by atoms with Crippen molar-refractivity contribution in [3.8, 4) is 11.5 Å². The second kappa shape index (κ2) is 4.38. The number of methoxy groups -OCH3 is 2. The highest BCUT2D eigenvalue weighted by molar-refractivity contribution is 6.35. The van der Waals surface area contributed by atoms with Crippen LogP contribution < -0.4 is 20.7 Å². The maximum Gasteiger partial charge on any atom is 0.328 e. The Kier molecular flexibility index (Phi) is 3.04.